The molecule has 8 heteroatoms. The summed E-state index contributed by atoms with van der Waals surface area (Å²) >= 11 is 6.58. The number of halogens is 4. The zero-order chi connectivity index (χ0) is 13.3. The minimum atomic E-state index is -4.38. The van der Waals surface area contributed by atoms with Crippen LogP contribution in [0.5, 0.6) is 0 Å². The number of alkyl halides is 3. The van der Waals surface area contributed by atoms with Gasteiger partial charge in [0.2, 0.25) is 0 Å². The van der Waals surface area contributed by atoms with Crippen LogP contribution in [0.3, 0.4) is 0 Å². The molecule has 0 unspecified atom stereocenters. The highest BCUT2D eigenvalue weighted by Crippen LogP contribution is 2.34. The fourth-order valence-corrected chi connectivity index (χ4v) is 2.04. The number of hydrogen-bond donors (Lipinski definition) is 1. The highest BCUT2D eigenvalue weighted by Gasteiger charge is 2.32. The quantitative estimate of drug-likeness (QED) is 0.899. The van der Waals surface area contributed by atoms with Gasteiger partial charge >= 0.3 is 6.18 Å². The van der Waals surface area contributed by atoms with Crippen LogP contribution in [0.4, 0.5) is 24.7 Å². The SMILES string of the molecule is Cc1ccc(Nc2nsnc2Cl)cc1C(F)(F)F. The molecule has 0 aliphatic heterocycles. The average Bonchev–Trinajstić information content (AvgIpc) is 2.66. The van der Waals surface area contributed by atoms with E-state index < -0.39 is 11.7 Å². The van der Waals surface area contributed by atoms with Gasteiger partial charge in [0.15, 0.2) is 11.0 Å². The fraction of sp³-hybridized carbons (Fsp3) is 0.200. The number of benzene rings is 1. The van der Waals surface area contributed by atoms with E-state index >= 15 is 0 Å². The van der Waals surface area contributed by atoms with Gasteiger partial charge in [0.1, 0.15) is 0 Å². The predicted octanol–water partition coefficient (Wildman–Crippen LogP) is 4.26. The Morgan fingerprint density at radius 3 is 2.56 bits per heavy atom. The molecule has 0 bridgehead atoms. The van der Waals surface area contributed by atoms with E-state index in [1.807, 2.05) is 0 Å². The monoisotopic (exact) mass is 293 g/mol. The van der Waals surface area contributed by atoms with Gasteiger partial charge in [-0.05, 0) is 24.6 Å². The van der Waals surface area contributed by atoms with Crippen LogP contribution in [0, 0.1) is 6.92 Å². The molecule has 1 heterocycles. The Morgan fingerprint density at radius 1 is 1.28 bits per heavy atom. The maximum Gasteiger partial charge on any atom is 0.416 e. The lowest BCUT2D eigenvalue weighted by atomic mass is 10.1. The Balaban J connectivity index is 2.33. The van der Waals surface area contributed by atoms with E-state index in [-0.39, 0.29) is 22.2 Å². The number of anilines is 2. The van der Waals surface area contributed by atoms with Crippen molar-refractivity contribution < 1.29 is 13.2 Å². The third-order valence-electron chi connectivity index (χ3n) is 2.25. The Hall–Kier alpha value is -1.34. The molecule has 2 rings (SSSR count). The highest BCUT2D eigenvalue weighted by molar-refractivity contribution is 6.99. The molecule has 1 aromatic heterocycles. The van der Waals surface area contributed by atoms with E-state index in [9.17, 15) is 13.2 Å². The summed E-state index contributed by atoms with van der Waals surface area (Å²) in [6.07, 6.45) is -4.38. The van der Waals surface area contributed by atoms with Crippen molar-refractivity contribution in [1.82, 2.24) is 8.75 Å². The van der Waals surface area contributed by atoms with E-state index in [4.69, 9.17) is 11.6 Å². The van der Waals surface area contributed by atoms with Gasteiger partial charge in [0.25, 0.3) is 0 Å². The van der Waals surface area contributed by atoms with Crippen molar-refractivity contribution in [1.29, 1.82) is 0 Å². The Kier molecular flexibility index (Phi) is 3.45. The molecule has 0 saturated heterocycles. The Bertz CT molecular complexity index is 568. The van der Waals surface area contributed by atoms with Gasteiger partial charge in [0, 0.05) is 5.69 Å². The molecule has 2 aromatic rings. The number of nitrogens with one attached hydrogen (secondary N) is 1. The molecule has 0 aliphatic rings. The molecule has 0 aliphatic carbocycles. The lowest BCUT2D eigenvalue weighted by Gasteiger charge is -2.12. The molecule has 18 heavy (non-hydrogen) atoms. The zero-order valence-electron chi connectivity index (χ0n) is 9.05. The van der Waals surface area contributed by atoms with Crippen molar-refractivity contribution in [2.24, 2.45) is 0 Å². The molecule has 96 valence electrons. The van der Waals surface area contributed by atoms with Crippen molar-refractivity contribution >= 4 is 34.8 Å². The second kappa shape index (κ2) is 4.74. The normalized spacial score (nSPS) is 11.6. The van der Waals surface area contributed by atoms with Crippen LogP contribution in [0.15, 0.2) is 18.2 Å². The largest absolute Gasteiger partial charge is 0.416 e. The van der Waals surface area contributed by atoms with E-state index in [2.05, 4.69) is 14.1 Å². The number of rotatable bonds is 2. The van der Waals surface area contributed by atoms with Crippen molar-refractivity contribution in [2.45, 2.75) is 13.1 Å². The van der Waals surface area contributed by atoms with Crippen molar-refractivity contribution in [3.63, 3.8) is 0 Å². The molecular formula is C10H7ClF3N3S. The third-order valence-corrected chi connectivity index (χ3v) is 3.15. The van der Waals surface area contributed by atoms with E-state index in [0.717, 1.165) is 17.8 Å². The van der Waals surface area contributed by atoms with Gasteiger partial charge in [-0.2, -0.15) is 21.9 Å². The summed E-state index contributed by atoms with van der Waals surface area (Å²) in [4.78, 5) is 0. The molecule has 1 N–H and O–H groups in total. The second-order valence-corrected chi connectivity index (χ2v) is 4.44. The summed E-state index contributed by atoms with van der Waals surface area (Å²) in [7, 11) is 0. The average molecular weight is 294 g/mol. The van der Waals surface area contributed by atoms with Crippen molar-refractivity contribution in [2.75, 3.05) is 5.32 Å². The van der Waals surface area contributed by atoms with Crippen molar-refractivity contribution in [3.8, 4) is 0 Å². The standard InChI is InChI=1S/C10H7ClF3N3S/c1-5-2-3-6(4-7(5)10(12,13)14)15-9-8(11)16-18-17-9/h2-4H,1H3,(H,15,17). The Morgan fingerprint density at radius 2 is 2.00 bits per heavy atom. The Labute approximate surface area is 110 Å². The fourth-order valence-electron chi connectivity index (χ4n) is 1.39. The van der Waals surface area contributed by atoms with Crippen molar-refractivity contribution in [3.05, 3.63) is 34.5 Å². The van der Waals surface area contributed by atoms with Crippen LogP contribution < -0.4 is 5.32 Å². The van der Waals surface area contributed by atoms with Crippen LogP contribution >= 0.6 is 23.3 Å². The van der Waals surface area contributed by atoms with E-state index in [1.165, 1.54) is 19.1 Å². The highest BCUT2D eigenvalue weighted by atomic mass is 35.5. The molecular weight excluding hydrogens is 287 g/mol. The number of nitrogens with zero attached hydrogens (tertiary/aromatic N) is 2. The lowest BCUT2D eigenvalue weighted by molar-refractivity contribution is -0.138. The topological polar surface area (TPSA) is 37.8 Å². The summed E-state index contributed by atoms with van der Waals surface area (Å²) in [5.41, 5.74) is -0.259. The van der Waals surface area contributed by atoms with Crippen LogP contribution in [-0.4, -0.2) is 8.75 Å². The van der Waals surface area contributed by atoms with E-state index in [0.29, 0.717) is 0 Å². The maximum absolute atomic E-state index is 12.7. The van der Waals surface area contributed by atoms with Gasteiger partial charge < -0.3 is 5.32 Å². The first-order valence-electron chi connectivity index (χ1n) is 4.81. The van der Waals surface area contributed by atoms with Gasteiger partial charge in [-0.3, -0.25) is 0 Å². The lowest BCUT2D eigenvalue weighted by Crippen LogP contribution is -2.08. The molecule has 0 fully saturated rings. The van der Waals surface area contributed by atoms with Gasteiger partial charge in [-0.15, -0.1) is 0 Å². The van der Waals surface area contributed by atoms with Gasteiger partial charge in [0.05, 0.1) is 17.3 Å². The second-order valence-electron chi connectivity index (χ2n) is 3.56. The molecule has 0 atom stereocenters. The maximum atomic E-state index is 12.7. The first kappa shape index (κ1) is 13.1. The predicted molar refractivity (Wildman–Crippen MR) is 64.4 cm³/mol. The van der Waals surface area contributed by atoms with Crippen LogP contribution in [0.2, 0.25) is 5.15 Å². The summed E-state index contributed by atoms with van der Waals surface area (Å²) in [6.45, 7) is 1.41. The summed E-state index contributed by atoms with van der Waals surface area (Å²) in [5.74, 6) is 0.249. The number of aromatic nitrogens is 2. The summed E-state index contributed by atoms with van der Waals surface area (Å²) < 4.78 is 45.7. The molecule has 0 amide bonds. The van der Waals surface area contributed by atoms with E-state index in [1.54, 1.807) is 0 Å². The zero-order valence-corrected chi connectivity index (χ0v) is 10.6. The third kappa shape index (κ3) is 2.73. The molecule has 0 saturated carbocycles. The molecule has 1 aromatic carbocycles. The smallest absolute Gasteiger partial charge is 0.337 e. The van der Waals surface area contributed by atoms with Crippen LogP contribution in [-0.2, 0) is 6.18 Å². The van der Waals surface area contributed by atoms with Gasteiger partial charge in [-0.25, -0.2) is 0 Å². The molecule has 0 spiro atoms. The summed E-state index contributed by atoms with van der Waals surface area (Å²) in [5, 5.41) is 2.83. The number of hydrogen-bond acceptors (Lipinski definition) is 4. The minimum Gasteiger partial charge on any atom is -0.337 e. The van der Waals surface area contributed by atoms with Crippen LogP contribution in [0.25, 0.3) is 0 Å². The summed E-state index contributed by atoms with van der Waals surface area (Å²) in [6, 6.07) is 3.93. The first-order chi connectivity index (χ1) is 8.38. The van der Waals surface area contributed by atoms with Gasteiger partial charge in [-0.1, -0.05) is 17.7 Å². The minimum absolute atomic E-state index is 0.133. The van der Waals surface area contributed by atoms with Crippen LogP contribution in [0.1, 0.15) is 11.1 Å². The molecule has 3 nitrogen and oxygen atoms in total. The first-order valence-corrected chi connectivity index (χ1v) is 5.91. The number of aryl methyl sites for hydroxylation is 1. The molecule has 0 radical (unpaired) electrons.